The van der Waals surface area contributed by atoms with Crippen molar-refractivity contribution in [3.8, 4) is 11.5 Å². The number of rotatable bonds is 15. The molecule has 0 bridgehead atoms. The number of aliphatic hydroxyl groups excluding tert-OH is 1. The molecule has 2 heterocycles. The summed E-state index contributed by atoms with van der Waals surface area (Å²) in [5.74, 6) is -0.327. The zero-order valence-electron chi connectivity index (χ0n) is 23.1. The zero-order chi connectivity index (χ0) is 27.5. The van der Waals surface area contributed by atoms with Gasteiger partial charge < -0.3 is 24.4 Å². The van der Waals surface area contributed by atoms with Crippen LogP contribution in [0.5, 0.6) is 11.5 Å². The summed E-state index contributed by atoms with van der Waals surface area (Å²) in [7, 11) is 0. The number of nitrogens with zero attached hydrogens (tertiary/aromatic N) is 3. The molecule has 1 N–H and O–H groups in total. The van der Waals surface area contributed by atoms with E-state index >= 15 is 0 Å². The lowest BCUT2D eigenvalue weighted by Gasteiger charge is -2.27. The second-order valence-electron chi connectivity index (χ2n) is 9.30. The Bertz CT molecular complexity index is 1100. The normalized spacial score (nSPS) is 16.9. The van der Waals surface area contributed by atoms with Crippen LogP contribution in [0.1, 0.15) is 70.5 Å². The van der Waals surface area contributed by atoms with Crippen LogP contribution in [0, 0.1) is 0 Å². The molecular weight excluding hydrogens is 482 g/mol. The van der Waals surface area contributed by atoms with Gasteiger partial charge in [0.2, 0.25) is 0 Å². The van der Waals surface area contributed by atoms with Crippen LogP contribution >= 0.6 is 0 Å². The Morgan fingerprint density at radius 1 is 0.974 bits per heavy atom. The molecular formula is C30H41N3O5. The van der Waals surface area contributed by atoms with Gasteiger partial charge in [0.15, 0.2) is 11.5 Å². The number of aliphatic hydroxyl groups is 1. The minimum absolute atomic E-state index is 0.0723. The first-order valence-corrected chi connectivity index (χ1v) is 13.8. The Morgan fingerprint density at radius 3 is 2.37 bits per heavy atom. The number of ether oxygens (including phenoxy) is 2. The number of Topliss-reactive ketones (excluding diaryl/α,β-unsaturated/α-hetero) is 1. The van der Waals surface area contributed by atoms with Crippen LogP contribution in [0.2, 0.25) is 0 Å². The summed E-state index contributed by atoms with van der Waals surface area (Å²) in [6.07, 6.45) is 6.92. The third-order valence-electron chi connectivity index (χ3n) is 6.85. The van der Waals surface area contributed by atoms with E-state index in [1.165, 1.54) is 0 Å². The van der Waals surface area contributed by atoms with E-state index in [0.717, 1.165) is 38.9 Å². The number of hydrogen-bond acceptors (Lipinski definition) is 7. The number of pyridine rings is 1. The van der Waals surface area contributed by atoms with Gasteiger partial charge in [-0.3, -0.25) is 14.6 Å². The summed E-state index contributed by atoms with van der Waals surface area (Å²) in [4.78, 5) is 34.4. The highest BCUT2D eigenvalue weighted by molar-refractivity contribution is 6.46. The lowest BCUT2D eigenvalue weighted by Crippen LogP contribution is -2.33. The third kappa shape index (κ3) is 6.92. The van der Waals surface area contributed by atoms with E-state index in [4.69, 9.17) is 9.47 Å². The lowest BCUT2D eigenvalue weighted by atomic mass is 9.95. The molecule has 1 aromatic heterocycles. The molecule has 2 aromatic rings. The first-order chi connectivity index (χ1) is 18.5. The fourth-order valence-electron chi connectivity index (χ4n) is 4.74. The van der Waals surface area contributed by atoms with Crippen molar-refractivity contribution in [3.63, 3.8) is 0 Å². The standard InChI is InChI=1S/C30H41N3O5/c1-5-9-10-20-38-24-13-12-23(21-25(24)37-8-4)27-26(28(34)22-14-16-31-17-15-22)29(35)30(36)33(27)19-11-18-32(6-2)7-3/h12-17,21,27,34H,5-11,18-20H2,1-4H3/b28-26+. The maximum absolute atomic E-state index is 13.3. The van der Waals surface area contributed by atoms with Crippen LogP contribution in [0.3, 0.4) is 0 Å². The van der Waals surface area contributed by atoms with Crippen LogP contribution < -0.4 is 9.47 Å². The van der Waals surface area contributed by atoms with Crippen molar-refractivity contribution in [1.82, 2.24) is 14.8 Å². The Hall–Kier alpha value is -3.39. The number of hydrogen-bond donors (Lipinski definition) is 1. The molecule has 1 aromatic carbocycles. The van der Waals surface area contributed by atoms with E-state index in [0.29, 0.717) is 48.8 Å². The predicted octanol–water partition coefficient (Wildman–Crippen LogP) is 5.20. The SMILES string of the molecule is CCCCCOc1ccc(C2/C(=C(\O)c3ccncc3)C(=O)C(=O)N2CCCN(CC)CC)cc1OCC. The topological polar surface area (TPSA) is 92.2 Å². The Morgan fingerprint density at radius 2 is 1.71 bits per heavy atom. The fourth-order valence-corrected chi connectivity index (χ4v) is 4.74. The average molecular weight is 524 g/mol. The van der Waals surface area contributed by atoms with Crippen LogP contribution in [0.15, 0.2) is 48.3 Å². The van der Waals surface area contributed by atoms with Crippen LogP contribution in [-0.4, -0.2) is 71.0 Å². The molecule has 8 heteroatoms. The van der Waals surface area contributed by atoms with Gasteiger partial charge in [-0.15, -0.1) is 0 Å². The fraction of sp³-hybridized carbons (Fsp3) is 0.500. The largest absolute Gasteiger partial charge is 0.507 e. The Labute approximate surface area is 226 Å². The van der Waals surface area contributed by atoms with E-state index in [-0.39, 0.29) is 11.3 Å². The van der Waals surface area contributed by atoms with Gasteiger partial charge in [-0.05, 0) is 69.2 Å². The van der Waals surface area contributed by atoms with Crippen molar-refractivity contribution < 1.29 is 24.2 Å². The lowest BCUT2D eigenvalue weighted by molar-refractivity contribution is -0.140. The molecule has 3 rings (SSSR count). The number of carbonyl (C=O) groups excluding carboxylic acids is 2. The van der Waals surface area contributed by atoms with Crippen LogP contribution in [-0.2, 0) is 9.59 Å². The molecule has 1 atom stereocenters. The van der Waals surface area contributed by atoms with Gasteiger partial charge in [0.25, 0.3) is 11.7 Å². The number of amides is 1. The second kappa shape index (κ2) is 14.5. The molecule has 0 spiro atoms. The Balaban J connectivity index is 2.02. The number of benzene rings is 1. The van der Waals surface area contributed by atoms with Crippen molar-refractivity contribution in [2.45, 2.75) is 59.4 Å². The first kappa shape index (κ1) is 29.2. The Kier molecular flexibility index (Phi) is 11.1. The number of aromatic nitrogens is 1. The molecule has 0 saturated carbocycles. The van der Waals surface area contributed by atoms with Crippen molar-refractivity contribution in [3.05, 3.63) is 59.4 Å². The molecule has 1 unspecified atom stereocenters. The molecule has 8 nitrogen and oxygen atoms in total. The van der Waals surface area contributed by atoms with E-state index in [1.807, 2.05) is 25.1 Å². The number of likely N-dealkylation sites (tertiary alicyclic amines) is 1. The summed E-state index contributed by atoms with van der Waals surface area (Å²) in [6, 6.07) is 8.01. The molecule has 1 amide bonds. The summed E-state index contributed by atoms with van der Waals surface area (Å²) in [6.45, 7) is 12.3. The number of ketones is 1. The monoisotopic (exact) mass is 523 g/mol. The first-order valence-electron chi connectivity index (χ1n) is 13.8. The summed E-state index contributed by atoms with van der Waals surface area (Å²) in [5, 5.41) is 11.2. The van der Waals surface area contributed by atoms with Crippen molar-refractivity contribution >= 4 is 17.4 Å². The summed E-state index contributed by atoms with van der Waals surface area (Å²) in [5.41, 5.74) is 1.20. The molecule has 1 saturated heterocycles. The zero-order valence-corrected chi connectivity index (χ0v) is 23.1. The molecule has 0 radical (unpaired) electrons. The smallest absolute Gasteiger partial charge is 0.295 e. The highest BCUT2D eigenvalue weighted by atomic mass is 16.5. The van der Waals surface area contributed by atoms with Gasteiger partial charge in [0.05, 0.1) is 24.8 Å². The maximum atomic E-state index is 13.3. The van der Waals surface area contributed by atoms with E-state index in [2.05, 4.69) is 30.7 Å². The van der Waals surface area contributed by atoms with Crippen molar-refractivity contribution in [1.29, 1.82) is 0 Å². The van der Waals surface area contributed by atoms with Gasteiger partial charge >= 0.3 is 0 Å². The van der Waals surface area contributed by atoms with E-state index in [9.17, 15) is 14.7 Å². The van der Waals surface area contributed by atoms with Crippen molar-refractivity contribution in [2.75, 3.05) is 39.4 Å². The molecule has 38 heavy (non-hydrogen) atoms. The molecule has 1 aliphatic rings. The molecule has 0 aliphatic carbocycles. The van der Waals surface area contributed by atoms with Crippen LogP contribution in [0.25, 0.3) is 5.76 Å². The second-order valence-corrected chi connectivity index (χ2v) is 9.30. The van der Waals surface area contributed by atoms with Gasteiger partial charge in [-0.25, -0.2) is 0 Å². The minimum Gasteiger partial charge on any atom is -0.507 e. The number of unbranched alkanes of at least 4 members (excludes halogenated alkanes) is 2. The summed E-state index contributed by atoms with van der Waals surface area (Å²) >= 11 is 0. The molecule has 1 aliphatic heterocycles. The highest BCUT2D eigenvalue weighted by Crippen LogP contribution is 2.42. The predicted molar refractivity (Wildman–Crippen MR) is 148 cm³/mol. The van der Waals surface area contributed by atoms with Crippen LogP contribution in [0.4, 0.5) is 0 Å². The molecule has 1 fully saturated rings. The number of carbonyl (C=O) groups is 2. The van der Waals surface area contributed by atoms with Crippen molar-refractivity contribution in [2.24, 2.45) is 0 Å². The quantitative estimate of drug-likeness (QED) is 0.148. The van der Waals surface area contributed by atoms with Gasteiger partial charge in [0.1, 0.15) is 5.76 Å². The average Bonchev–Trinajstić information content (AvgIpc) is 3.19. The van der Waals surface area contributed by atoms with Gasteiger partial charge in [-0.2, -0.15) is 0 Å². The minimum atomic E-state index is -0.742. The van der Waals surface area contributed by atoms with E-state index in [1.54, 1.807) is 29.4 Å². The molecule has 206 valence electrons. The third-order valence-corrected chi connectivity index (χ3v) is 6.85. The highest BCUT2D eigenvalue weighted by Gasteiger charge is 2.46. The van der Waals surface area contributed by atoms with Gasteiger partial charge in [0, 0.05) is 24.5 Å². The van der Waals surface area contributed by atoms with E-state index < -0.39 is 17.7 Å². The summed E-state index contributed by atoms with van der Waals surface area (Å²) < 4.78 is 11.9. The van der Waals surface area contributed by atoms with Gasteiger partial charge in [-0.1, -0.05) is 39.7 Å². The maximum Gasteiger partial charge on any atom is 0.295 e.